The van der Waals surface area contributed by atoms with Crippen molar-refractivity contribution in [3.05, 3.63) is 77.1 Å². The standard InChI is InChI=1S/C19H21NO2/c1-14-4-7-17(8-5-14)13-22-11-10-19(21)20-18-9-6-15(2)16(3)12-18/h4-12H,13H2,1-3H3,(H,20,21). The van der Waals surface area contributed by atoms with E-state index >= 15 is 0 Å². The van der Waals surface area contributed by atoms with Gasteiger partial charge >= 0.3 is 0 Å². The molecule has 0 aliphatic carbocycles. The third-order valence-electron chi connectivity index (χ3n) is 3.46. The zero-order chi connectivity index (χ0) is 15.9. The molecular weight excluding hydrogens is 274 g/mol. The second-order valence-electron chi connectivity index (χ2n) is 5.39. The van der Waals surface area contributed by atoms with Gasteiger partial charge in [0.2, 0.25) is 0 Å². The summed E-state index contributed by atoms with van der Waals surface area (Å²) in [6.07, 6.45) is 2.82. The summed E-state index contributed by atoms with van der Waals surface area (Å²) in [6, 6.07) is 13.9. The number of anilines is 1. The number of carbonyl (C=O) groups excluding carboxylic acids is 1. The van der Waals surface area contributed by atoms with Gasteiger partial charge in [-0.1, -0.05) is 35.9 Å². The highest BCUT2D eigenvalue weighted by molar-refractivity contribution is 5.99. The van der Waals surface area contributed by atoms with Crippen molar-refractivity contribution in [1.29, 1.82) is 0 Å². The molecule has 0 atom stereocenters. The number of aryl methyl sites for hydroxylation is 3. The third-order valence-corrected chi connectivity index (χ3v) is 3.46. The van der Waals surface area contributed by atoms with E-state index in [2.05, 4.69) is 5.32 Å². The minimum Gasteiger partial charge on any atom is -0.496 e. The second-order valence-corrected chi connectivity index (χ2v) is 5.39. The van der Waals surface area contributed by atoms with Gasteiger partial charge in [-0.05, 0) is 49.6 Å². The van der Waals surface area contributed by atoms with Gasteiger partial charge in [-0.3, -0.25) is 4.79 Å². The summed E-state index contributed by atoms with van der Waals surface area (Å²) >= 11 is 0. The largest absolute Gasteiger partial charge is 0.496 e. The monoisotopic (exact) mass is 295 g/mol. The minimum atomic E-state index is -0.202. The molecule has 1 amide bonds. The van der Waals surface area contributed by atoms with Crippen LogP contribution in [-0.2, 0) is 16.1 Å². The Bertz CT molecular complexity index is 672. The topological polar surface area (TPSA) is 38.3 Å². The molecule has 0 unspecified atom stereocenters. The molecule has 0 bridgehead atoms. The van der Waals surface area contributed by atoms with E-state index < -0.39 is 0 Å². The normalized spacial score (nSPS) is 10.7. The van der Waals surface area contributed by atoms with E-state index in [-0.39, 0.29) is 5.91 Å². The van der Waals surface area contributed by atoms with E-state index in [4.69, 9.17) is 4.74 Å². The van der Waals surface area contributed by atoms with Crippen LogP contribution in [0.5, 0.6) is 0 Å². The van der Waals surface area contributed by atoms with Crippen LogP contribution in [0.4, 0.5) is 5.69 Å². The maximum Gasteiger partial charge on any atom is 0.251 e. The molecule has 2 aromatic rings. The number of hydrogen-bond acceptors (Lipinski definition) is 2. The van der Waals surface area contributed by atoms with E-state index in [1.54, 1.807) is 0 Å². The van der Waals surface area contributed by atoms with Crippen LogP contribution < -0.4 is 5.32 Å². The summed E-state index contributed by atoms with van der Waals surface area (Å²) < 4.78 is 5.37. The molecule has 0 radical (unpaired) electrons. The van der Waals surface area contributed by atoms with Crippen LogP contribution >= 0.6 is 0 Å². The van der Waals surface area contributed by atoms with Crippen LogP contribution in [0.2, 0.25) is 0 Å². The Labute approximate surface area is 131 Å². The fourth-order valence-electron chi connectivity index (χ4n) is 1.94. The van der Waals surface area contributed by atoms with Gasteiger partial charge in [-0.25, -0.2) is 0 Å². The van der Waals surface area contributed by atoms with Crippen LogP contribution in [0.15, 0.2) is 54.8 Å². The highest BCUT2D eigenvalue weighted by Gasteiger charge is 2.00. The van der Waals surface area contributed by atoms with E-state index in [1.807, 2.05) is 63.2 Å². The zero-order valence-corrected chi connectivity index (χ0v) is 13.2. The number of amides is 1. The fourth-order valence-corrected chi connectivity index (χ4v) is 1.94. The van der Waals surface area contributed by atoms with Crippen molar-refractivity contribution in [1.82, 2.24) is 0 Å². The molecule has 1 N–H and O–H groups in total. The molecule has 0 aliphatic heterocycles. The van der Waals surface area contributed by atoms with Crippen molar-refractivity contribution in [2.24, 2.45) is 0 Å². The van der Waals surface area contributed by atoms with Crippen molar-refractivity contribution in [3.63, 3.8) is 0 Å². The summed E-state index contributed by atoms with van der Waals surface area (Å²) in [4.78, 5) is 11.8. The molecule has 114 valence electrons. The summed E-state index contributed by atoms with van der Waals surface area (Å²) in [7, 11) is 0. The van der Waals surface area contributed by atoms with Gasteiger partial charge in [-0.2, -0.15) is 0 Å². The summed E-state index contributed by atoms with van der Waals surface area (Å²) in [6.45, 7) is 6.56. The Morgan fingerprint density at radius 1 is 1.05 bits per heavy atom. The molecule has 3 heteroatoms. The third kappa shape index (κ3) is 4.77. The first kappa shape index (κ1) is 15.8. The Kier molecular flexibility index (Phi) is 5.37. The average molecular weight is 295 g/mol. The van der Waals surface area contributed by atoms with Crippen molar-refractivity contribution in [2.75, 3.05) is 5.32 Å². The summed E-state index contributed by atoms with van der Waals surface area (Å²) in [5.41, 5.74) is 5.43. The lowest BCUT2D eigenvalue weighted by Gasteiger charge is -2.05. The van der Waals surface area contributed by atoms with E-state index in [1.165, 1.54) is 23.5 Å². The molecule has 3 nitrogen and oxygen atoms in total. The van der Waals surface area contributed by atoms with Gasteiger partial charge in [0.1, 0.15) is 6.61 Å². The molecule has 2 rings (SSSR count). The summed E-state index contributed by atoms with van der Waals surface area (Å²) in [5.74, 6) is -0.202. The number of carbonyl (C=O) groups is 1. The first-order chi connectivity index (χ1) is 10.5. The lowest BCUT2D eigenvalue weighted by Crippen LogP contribution is -2.08. The van der Waals surface area contributed by atoms with Gasteiger partial charge in [0.05, 0.1) is 6.26 Å². The maximum atomic E-state index is 11.8. The lowest BCUT2D eigenvalue weighted by atomic mass is 10.1. The SMILES string of the molecule is Cc1ccc(COC=CC(=O)Nc2ccc(C)c(C)c2)cc1. The number of hydrogen-bond donors (Lipinski definition) is 1. The highest BCUT2D eigenvalue weighted by atomic mass is 16.5. The van der Waals surface area contributed by atoms with Gasteiger partial charge in [0, 0.05) is 11.8 Å². The quantitative estimate of drug-likeness (QED) is 0.660. The zero-order valence-electron chi connectivity index (χ0n) is 13.2. The highest BCUT2D eigenvalue weighted by Crippen LogP contribution is 2.14. The van der Waals surface area contributed by atoms with Crippen molar-refractivity contribution < 1.29 is 9.53 Å². The van der Waals surface area contributed by atoms with Crippen LogP contribution in [-0.4, -0.2) is 5.91 Å². The minimum absolute atomic E-state index is 0.202. The van der Waals surface area contributed by atoms with Crippen molar-refractivity contribution >= 4 is 11.6 Å². The fraction of sp³-hybridized carbons (Fsp3) is 0.211. The number of benzene rings is 2. The molecule has 0 fully saturated rings. The van der Waals surface area contributed by atoms with Crippen molar-refractivity contribution in [3.8, 4) is 0 Å². The first-order valence-electron chi connectivity index (χ1n) is 7.26. The maximum absolute atomic E-state index is 11.8. The van der Waals surface area contributed by atoms with Crippen LogP contribution in [0.1, 0.15) is 22.3 Å². The van der Waals surface area contributed by atoms with Gasteiger partial charge in [-0.15, -0.1) is 0 Å². The Hall–Kier alpha value is -2.55. The van der Waals surface area contributed by atoms with Crippen LogP contribution in [0.25, 0.3) is 0 Å². The Morgan fingerprint density at radius 3 is 2.45 bits per heavy atom. The van der Waals surface area contributed by atoms with E-state index in [9.17, 15) is 4.79 Å². The van der Waals surface area contributed by atoms with Gasteiger partial charge in [0.15, 0.2) is 0 Å². The van der Waals surface area contributed by atoms with Crippen LogP contribution in [0.3, 0.4) is 0 Å². The molecule has 0 aliphatic rings. The predicted molar refractivity (Wildman–Crippen MR) is 89.7 cm³/mol. The number of nitrogens with one attached hydrogen (secondary N) is 1. The van der Waals surface area contributed by atoms with Crippen molar-refractivity contribution in [2.45, 2.75) is 27.4 Å². The molecule has 0 saturated carbocycles. The Morgan fingerprint density at radius 2 is 1.77 bits per heavy atom. The van der Waals surface area contributed by atoms with Gasteiger partial charge in [0.25, 0.3) is 5.91 Å². The first-order valence-corrected chi connectivity index (χ1v) is 7.26. The molecule has 0 heterocycles. The molecule has 0 spiro atoms. The second kappa shape index (κ2) is 7.46. The van der Waals surface area contributed by atoms with E-state index in [0.717, 1.165) is 16.8 Å². The molecular formula is C19H21NO2. The number of rotatable bonds is 5. The molecule has 22 heavy (non-hydrogen) atoms. The summed E-state index contributed by atoms with van der Waals surface area (Å²) in [5, 5.41) is 2.81. The van der Waals surface area contributed by atoms with E-state index in [0.29, 0.717) is 6.61 Å². The lowest BCUT2D eigenvalue weighted by molar-refractivity contribution is -0.112. The average Bonchev–Trinajstić information content (AvgIpc) is 2.49. The molecule has 0 aromatic heterocycles. The van der Waals surface area contributed by atoms with Gasteiger partial charge < -0.3 is 10.1 Å². The number of ether oxygens (including phenoxy) is 1. The smallest absolute Gasteiger partial charge is 0.251 e. The Balaban J connectivity index is 1.81. The molecule has 2 aromatic carbocycles. The van der Waals surface area contributed by atoms with Crippen LogP contribution in [0, 0.1) is 20.8 Å². The predicted octanol–water partition coefficient (Wildman–Crippen LogP) is 4.28. The molecule has 0 saturated heterocycles.